The van der Waals surface area contributed by atoms with Gasteiger partial charge < -0.3 is 9.80 Å². The molecule has 1 aromatic heterocycles. The minimum absolute atomic E-state index is 0.0491. The van der Waals surface area contributed by atoms with Crippen molar-refractivity contribution in [3.05, 3.63) is 54.1 Å². The predicted molar refractivity (Wildman–Crippen MR) is 117 cm³/mol. The van der Waals surface area contributed by atoms with Crippen LogP contribution in [0, 0.1) is 16.6 Å². The first-order chi connectivity index (χ1) is 15.1. The molecule has 1 unspecified atom stereocenters. The lowest BCUT2D eigenvalue weighted by molar-refractivity contribution is -0.142. The zero-order valence-corrected chi connectivity index (χ0v) is 18.1. The molecule has 2 spiro atoms. The molecule has 0 bridgehead atoms. The third-order valence-corrected chi connectivity index (χ3v) is 7.82. The molecule has 6 nitrogen and oxygen atoms in total. The second-order valence-corrected chi connectivity index (χ2v) is 9.30. The molecule has 4 heterocycles. The highest BCUT2D eigenvalue weighted by atomic mass is 19.1. The number of rotatable bonds is 4. The molecule has 1 aromatic carbocycles. The Morgan fingerprint density at radius 2 is 1.71 bits per heavy atom. The summed E-state index contributed by atoms with van der Waals surface area (Å²) < 4.78 is 13.2. The van der Waals surface area contributed by atoms with Crippen molar-refractivity contribution >= 4 is 11.9 Å². The van der Waals surface area contributed by atoms with Gasteiger partial charge in [0.25, 0.3) is 0 Å². The minimum atomic E-state index is -0.343. The molecular weight excluding hydrogens is 393 g/mol. The van der Waals surface area contributed by atoms with Crippen LogP contribution in [0.1, 0.15) is 31.7 Å². The predicted octanol–water partition coefficient (Wildman–Crippen LogP) is 2.96. The highest BCUT2D eigenvalue weighted by Crippen LogP contribution is 2.58. The smallest absolute Gasteiger partial charge is 0.231 e. The highest BCUT2D eigenvalue weighted by Gasteiger charge is 2.65. The number of halogens is 1. The summed E-state index contributed by atoms with van der Waals surface area (Å²) in [4.78, 5) is 29.3. The summed E-state index contributed by atoms with van der Waals surface area (Å²) in [5, 5.41) is 0. The summed E-state index contributed by atoms with van der Waals surface area (Å²) in [7, 11) is 0. The fourth-order valence-corrected chi connectivity index (χ4v) is 6.06. The second-order valence-electron chi connectivity index (χ2n) is 9.30. The Balaban J connectivity index is 1.38. The van der Waals surface area contributed by atoms with Crippen molar-refractivity contribution in [2.75, 3.05) is 44.2 Å². The zero-order valence-electron chi connectivity index (χ0n) is 18.1. The molecule has 0 N–H and O–H groups in total. The Bertz CT molecular complexity index is 929. The van der Waals surface area contributed by atoms with Gasteiger partial charge in [-0.05, 0) is 63.0 Å². The number of anilines is 1. The van der Waals surface area contributed by atoms with Crippen molar-refractivity contribution in [2.45, 2.75) is 32.7 Å². The lowest BCUT2D eigenvalue weighted by Crippen LogP contribution is -2.52. The Labute approximate surface area is 183 Å². The van der Waals surface area contributed by atoms with E-state index in [0.29, 0.717) is 12.5 Å². The molecule has 164 valence electrons. The van der Waals surface area contributed by atoms with Crippen molar-refractivity contribution in [2.24, 2.45) is 10.8 Å². The van der Waals surface area contributed by atoms with Gasteiger partial charge >= 0.3 is 0 Å². The van der Waals surface area contributed by atoms with E-state index in [0.717, 1.165) is 70.0 Å². The van der Waals surface area contributed by atoms with Gasteiger partial charge in [-0.2, -0.15) is 0 Å². The number of hydrogen-bond acceptors (Lipinski definition) is 5. The Morgan fingerprint density at radius 3 is 2.35 bits per heavy atom. The number of nitrogens with zero attached hydrogens (tertiary/aromatic N) is 5. The number of carbonyl (C=O) groups is 1. The van der Waals surface area contributed by atoms with Crippen LogP contribution < -0.4 is 4.90 Å². The number of carbonyl (C=O) groups excluding carboxylic acids is 1. The number of amides is 1. The standard InChI is InChI=1S/C24H30FN5O/c1-2-29-15-10-24(21(29)31)18-30(22-26-11-3-12-27-22)17-23(24)8-13-28(14-9-23)16-19-4-6-20(25)7-5-19/h3-7,11-12H,2,8-10,13-18H2,1H3. The van der Waals surface area contributed by atoms with E-state index in [1.54, 1.807) is 12.4 Å². The van der Waals surface area contributed by atoms with Crippen molar-refractivity contribution in [1.82, 2.24) is 19.8 Å². The van der Waals surface area contributed by atoms with Gasteiger partial charge in [-0.3, -0.25) is 9.69 Å². The maximum Gasteiger partial charge on any atom is 0.231 e. The van der Waals surface area contributed by atoms with Crippen LogP contribution in [0.15, 0.2) is 42.7 Å². The SMILES string of the molecule is CCN1CCC2(CN(c3ncccn3)CC23CCN(Cc2ccc(F)cc2)CC3)C1=O. The van der Waals surface area contributed by atoms with Gasteiger partial charge in [-0.1, -0.05) is 12.1 Å². The van der Waals surface area contributed by atoms with Crippen LogP contribution in [-0.2, 0) is 11.3 Å². The summed E-state index contributed by atoms with van der Waals surface area (Å²) in [5.41, 5.74) is 0.739. The first-order valence-corrected chi connectivity index (χ1v) is 11.3. The summed E-state index contributed by atoms with van der Waals surface area (Å²) in [5.74, 6) is 0.855. The second kappa shape index (κ2) is 7.86. The molecule has 3 fully saturated rings. The molecule has 5 rings (SSSR count). The topological polar surface area (TPSA) is 52.6 Å². The third-order valence-electron chi connectivity index (χ3n) is 7.82. The molecule has 1 amide bonds. The fraction of sp³-hybridized carbons (Fsp3) is 0.542. The average molecular weight is 424 g/mol. The van der Waals surface area contributed by atoms with Crippen molar-refractivity contribution in [1.29, 1.82) is 0 Å². The van der Waals surface area contributed by atoms with E-state index in [9.17, 15) is 9.18 Å². The fourth-order valence-electron chi connectivity index (χ4n) is 6.06. The number of hydrogen-bond donors (Lipinski definition) is 0. The van der Waals surface area contributed by atoms with Gasteiger partial charge in [0.05, 0.1) is 5.41 Å². The molecule has 1 atom stereocenters. The number of aromatic nitrogens is 2. The number of benzene rings is 1. The van der Waals surface area contributed by atoms with E-state index in [-0.39, 0.29) is 16.6 Å². The largest absolute Gasteiger partial charge is 0.342 e. The Hall–Kier alpha value is -2.54. The molecule has 31 heavy (non-hydrogen) atoms. The van der Waals surface area contributed by atoms with Crippen LogP contribution in [-0.4, -0.2) is 64.9 Å². The lowest BCUT2D eigenvalue weighted by Gasteiger charge is -2.46. The van der Waals surface area contributed by atoms with Gasteiger partial charge in [0.1, 0.15) is 5.82 Å². The molecule has 2 aromatic rings. The first kappa shape index (κ1) is 20.4. The van der Waals surface area contributed by atoms with E-state index >= 15 is 0 Å². The van der Waals surface area contributed by atoms with Crippen molar-refractivity contribution < 1.29 is 9.18 Å². The van der Waals surface area contributed by atoms with Gasteiger partial charge in [-0.25, -0.2) is 14.4 Å². The van der Waals surface area contributed by atoms with Crippen LogP contribution in [0.25, 0.3) is 0 Å². The van der Waals surface area contributed by atoms with Crippen LogP contribution in [0.5, 0.6) is 0 Å². The number of fused-ring (bicyclic) bond motifs is 1. The van der Waals surface area contributed by atoms with Crippen LogP contribution in [0.3, 0.4) is 0 Å². The molecule has 3 saturated heterocycles. The van der Waals surface area contributed by atoms with Gasteiger partial charge in [-0.15, -0.1) is 0 Å². The maximum absolute atomic E-state index is 13.6. The van der Waals surface area contributed by atoms with E-state index in [2.05, 4.69) is 26.7 Å². The van der Waals surface area contributed by atoms with E-state index in [1.807, 2.05) is 23.1 Å². The van der Waals surface area contributed by atoms with Crippen molar-refractivity contribution in [3.8, 4) is 0 Å². The van der Waals surface area contributed by atoms with Gasteiger partial charge in [0.15, 0.2) is 0 Å². The molecule has 0 saturated carbocycles. The Morgan fingerprint density at radius 1 is 1.00 bits per heavy atom. The summed E-state index contributed by atoms with van der Waals surface area (Å²) in [6.07, 6.45) is 6.45. The molecule has 3 aliphatic rings. The molecule has 0 radical (unpaired) electrons. The summed E-state index contributed by atoms with van der Waals surface area (Å²) >= 11 is 0. The van der Waals surface area contributed by atoms with Gasteiger partial charge in [0, 0.05) is 50.5 Å². The van der Waals surface area contributed by atoms with Crippen LogP contribution in [0.4, 0.5) is 10.3 Å². The highest BCUT2D eigenvalue weighted by molar-refractivity contribution is 5.87. The summed E-state index contributed by atoms with van der Waals surface area (Å²) in [6, 6.07) is 8.62. The third kappa shape index (κ3) is 3.39. The minimum Gasteiger partial charge on any atom is -0.342 e. The van der Waals surface area contributed by atoms with Crippen LogP contribution >= 0.6 is 0 Å². The summed E-state index contributed by atoms with van der Waals surface area (Å²) in [6.45, 7) is 7.96. The van der Waals surface area contributed by atoms with E-state index in [4.69, 9.17) is 0 Å². The zero-order chi connectivity index (χ0) is 21.5. The molecular formula is C24H30FN5O. The van der Waals surface area contributed by atoms with Crippen LogP contribution in [0.2, 0.25) is 0 Å². The Kier molecular flexibility index (Phi) is 5.16. The quantitative estimate of drug-likeness (QED) is 0.757. The van der Waals surface area contributed by atoms with E-state index < -0.39 is 0 Å². The lowest BCUT2D eigenvalue weighted by atomic mass is 9.60. The first-order valence-electron chi connectivity index (χ1n) is 11.3. The number of likely N-dealkylation sites (tertiary alicyclic amines) is 2. The maximum atomic E-state index is 13.6. The monoisotopic (exact) mass is 423 g/mol. The van der Waals surface area contributed by atoms with E-state index in [1.165, 1.54) is 12.1 Å². The average Bonchev–Trinajstić information content (AvgIpc) is 3.30. The molecule has 0 aliphatic carbocycles. The molecule has 3 aliphatic heterocycles. The number of piperidine rings is 1. The van der Waals surface area contributed by atoms with Gasteiger partial charge in [0.2, 0.25) is 11.9 Å². The molecule has 7 heteroatoms. The van der Waals surface area contributed by atoms with Crippen molar-refractivity contribution in [3.63, 3.8) is 0 Å². The normalized spacial score (nSPS) is 25.8.